The first kappa shape index (κ1) is 25.1. The normalized spacial score (nSPS) is 15.3. The Morgan fingerprint density at radius 1 is 0.903 bits per heavy atom. The molecule has 4 heteroatoms. The maximum Gasteiger partial charge on any atom is 0.185 e. The van der Waals surface area contributed by atoms with Crippen molar-refractivity contribution < 1.29 is 14.3 Å². The molecule has 0 aliphatic heterocycles. The number of ether oxygens (including phenoxy) is 2. The minimum absolute atomic E-state index is 0.0483. The minimum atomic E-state index is -0.390. The summed E-state index contributed by atoms with van der Waals surface area (Å²) in [5.41, 5.74) is 1.71. The molecule has 0 spiro atoms. The minimum Gasteiger partial charge on any atom is -0.488 e. The maximum absolute atomic E-state index is 12.7. The third-order valence-electron chi connectivity index (χ3n) is 4.42. The Hall–Kier alpha value is -2.20. The van der Waals surface area contributed by atoms with Gasteiger partial charge in [-0.2, -0.15) is 0 Å². The van der Waals surface area contributed by atoms with E-state index in [0.29, 0.717) is 17.7 Å². The molecule has 0 bridgehead atoms. The van der Waals surface area contributed by atoms with E-state index in [-0.39, 0.29) is 22.4 Å². The van der Waals surface area contributed by atoms with E-state index in [0.717, 1.165) is 21.7 Å². The van der Waals surface area contributed by atoms with Crippen molar-refractivity contribution in [2.75, 3.05) is 0 Å². The van der Waals surface area contributed by atoms with Crippen molar-refractivity contribution >= 4 is 28.9 Å². The zero-order valence-corrected chi connectivity index (χ0v) is 21.2. The SMILES string of the molecule is CC(C)(C)Oc1cc(OC(C)(C)C)c(C(C)(C)C)cc1C=CC(=O)C1=CCC(=S)C=C1. The molecule has 3 nitrogen and oxygen atoms in total. The molecule has 2 rings (SSSR count). The first-order valence-electron chi connectivity index (χ1n) is 10.8. The standard InChI is InChI=1S/C27H36O3S/c1-25(2,3)21-16-19(12-15-22(28)18-10-13-20(31)14-11-18)23(29-26(4,5)6)17-24(21)30-27(7,8)9/h10-13,15-17H,14H2,1-9H3. The lowest BCUT2D eigenvalue weighted by Crippen LogP contribution is -2.27. The van der Waals surface area contributed by atoms with Gasteiger partial charge in [0.1, 0.15) is 22.7 Å². The topological polar surface area (TPSA) is 35.5 Å². The molecule has 0 amide bonds. The highest BCUT2D eigenvalue weighted by Crippen LogP contribution is 2.40. The molecule has 1 aliphatic carbocycles. The summed E-state index contributed by atoms with van der Waals surface area (Å²) >= 11 is 5.16. The van der Waals surface area contributed by atoms with Gasteiger partial charge < -0.3 is 9.47 Å². The Morgan fingerprint density at radius 3 is 1.97 bits per heavy atom. The first-order valence-corrected chi connectivity index (χ1v) is 11.2. The van der Waals surface area contributed by atoms with Crippen LogP contribution in [0.2, 0.25) is 0 Å². The molecule has 31 heavy (non-hydrogen) atoms. The monoisotopic (exact) mass is 440 g/mol. The molecular weight excluding hydrogens is 404 g/mol. The van der Waals surface area contributed by atoms with Crippen LogP contribution in [0.1, 0.15) is 79.9 Å². The molecule has 0 radical (unpaired) electrons. The summed E-state index contributed by atoms with van der Waals surface area (Å²) < 4.78 is 12.6. The summed E-state index contributed by atoms with van der Waals surface area (Å²) in [7, 11) is 0. The van der Waals surface area contributed by atoms with Gasteiger partial charge in [-0.3, -0.25) is 4.79 Å². The van der Waals surface area contributed by atoms with Gasteiger partial charge in [0.05, 0.1) is 0 Å². The predicted octanol–water partition coefficient (Wildman–Crippen LogP) is 7.18. The molecule has 0 unspecified atom stereocenters. The summed E-state index contributed by atoms with van der Waals surface area (Å²) in [5.74, 6) is 1.44. The van der Waals surface area contributed by atoms with Gasteiger partial charge in [0, 0.05) is 34.1 Å². The van der Waals surface area contributed by atoms with Crippen molar-refractivity contribution in [1.82, 2.24) is 0 Å². The molecule has 168 valence electrons. The third kappa shape index (κ3) is 7.77. The number of ketones is 1. The highest BCUT2D eigenvalue weighted by Gasteiger charge is 2.26. The fourth-order valence-corrected chi connectivity index (χ4v) is 3.25. The summed E-state index contributed by atoms with van der Waals surface area (Å²) in [5, 5.41) is 0. The number of hydrogen-bond acceptors (Lipinski definition) is 4. The first-order chi connectivity index (χ1) is 14.0. The largest absolute Gasteiger partial charge is 0.488 e. The predicted molar refractivity (Wildman–Crippen MR) is 134 cm³/mol. The summed E-state index contributed by atoms with van der Waals surface area (Å²) in [6, 6.07) is 4.03. The molecule has 0 fully saturated rings. The molecule has 0 heterocycles. The van der Waals surface area contributed by atoms with Crippen molar-refractivity contribution in [3.63, 3.8) is 0 Å². The molecule has 0 atom stereocenters. The lowest BCUT2D eigenvalue weighted by molar-refractivity contribution is -0.111. The van der Waals surface area contributed by atoms with Gasteiger partial charge >= 0.3 is 0 Å². The summed E-state index contributed by atoms with van der Waals surface area (Å²) in [6.07, 6.45) is 9.55. The number of benzene rings is 1. The van der Waals surface area contributed by atoms with E-state index in [4.69, 9.17) is 21.7 Å². The van der Waals surface area contributed by atoms with E-state index in [1.807, 2.05) is 65.8 Å². The second-order valence-corrected chi connectivity index (χ2v) is 11.5. The summed E-state index contributed by atoms with van der Waals surface area (Å²) in [4.78, 5) is 13.5. The van der Waals surface area contributed by atoms with Gasteiger partial charge in [-0.1, -0.05) is 45.1 Å². The Balaban J connectivity index is 2.54. The molecule has 1 aromatic rings. The van der Waals surface area contributed by atoms with E-state index in [2.05, 4.69) is 26.8 Å². The van der Waals surface area contributed by atoms with Crippen LogP contribution in [0.5, 0.6) is 11.5 Å². The Kier molecular flexibility index (Phi) is 7.37. The van der Waals surface area contributed by atoms with Crippen LogP contribution in [0, 0.1) is 0 Å². The Morgan fingerprint density at radius 2 is 1.48 bits per heavy atom. The smallest absolute Gasteiger partial charge is 0.185 e. The van der Waals surface area contributed by atoms with E-state index in [9.17, 15) is 4.79 Å². The fourth-order valence-electron chi connectivity index (χ4n) is 3.10. The van der Waals surface area contributed by atoms with Crippen LogP contribution in [0.3, 0.4) is 0 Å². The molecule has 1 aromatic carbocycles. The van der Waals surface area contributed by atoms with Gasteiger partial charge in [-0.05, 0) is 71.3 Å². The van der Waals surface area contributed by atoms with Crippen LogP contribution in [-0.2, 0) is 10.2 Å². The van der Waals surface area contributed by atoms with Crippen LogP contribution in [0.25, 0.3) is 6.08 Å². The Bertz CT molecular complexity index is 942. The second kappa shape index (κ2) is 9.12. The van der Waals surface area contributed by atoms with Gasteiger partial charge in [-0.25, -0.2) is 0 Å². The van der Waals surface area contributed by atoms with E-state index in [1.54, 1.807) is 12.2 Å². The van der Waals surface area contributed by atoms with Crippen molar-refractivity contribution in [1.29, 1.82) is 0 Å². The lowest BCUT2D eigenvalue weighted by Gasteiger charge is -2.30. The zero-order chi connectivity index (χ0) is 23.6. The van der Waals surface area contributed by atoms with Crippen molar-refractivity contribution in [3.05, 3.63) is 53.1 Å². The van der Waals surface area contributed by atoms with Gasteiger partial charge in [-0.15, -0.1) is 0 Å². The molecule has 0 aromatic heterocycles. The summed E-state index contributed by atoms with van der Waals surface area (Å²) in [6.45, 7) is 18.6. The van der Waals surface area contributed by atoms with Crippen LogP contribution < -0.4 is 9.47 Å². The van der Waals surface area contributed by atoms with Crippen LogP contribution in [0.4, 0.5) is 0 Å². The van der Waals surface area contributed by atoms with E-state index in [1.165, 1.54) is 0 Å². The lowest BCUT2D eigenvalue weighted by atomic mass is 9.84. The van der Waals surface area contributed by atoms with Crippen LogP contribution in [0.15, 0.2) is 42.0 Å². The molecular formula is C27H36O3S. The highest BCUT2D eigenvalue weighted by atomic mass is 32.1. The van der Waals surface area contributed by atoms with Gasteiger partial charge in [0.15, 0.2) is 5.78 Å². The quantitative estimate of drug-likeness (QED) is 0.359. The zero-order valence-electron chi connectivity index (χ0n) is 20.4. The molecule has 0 N–H and O–H groups in total. The van der Waals surface area contributed by atoms with Crippen molar-refractivity contribution in [2.24, 2.45) is 0 Å². The number of carbonyl (C=O) groups excluding carboxylic acids is 1. The van der Waals surface area contributed by atoms with Gasteiger partial charge in [0.2, 0.25) is 0 Å². The van der Waals surface area contributed by atoms with E-state index < -0.39 is 0 Å². The number of thiocarbonyl (C=S) groups is 1. The number of rotatable bonds is 5. The van der Waals surface area contributed by atoms with Crippen LogP contribution >= 0.6 is 12.2 Å². The highest BCUT2D eigenvalue weighted by molar-refractivity contribution is 7.80. The molecule has 0 saturated heterocycles. The van der Waals surface area contributed by atoms with Crippen molar-refractivity contribution in [2.45, 2.75) is 85.4 Å². The third-order valence-corrected chi connectivity index (χ3v) is 4.73. The molecule has 0 saturated carbocycles. The number of carbonyl (C=O) groups is 1. The number of allylic oxidation sites excluding steroid dienone is 5. The Labute approximate surface area is 193 Å². The molecule has 1 aliphatic rings. The second-order valence-electron chi connectivity index (χ2n) is 10.9. The van der Waals surface area contributed by atoms with Gasteiger partial charge in [0.25, 0.3) is 0 Å². The van der Waals surface area contributed by atoms with E-state index >= 15 is 0 Å². The van der Waals surface area contributed by atoms with Crippen molar-refractivity contribution in [3.8, 4) is 11.5 Å². The average Bonchev–Trinajstić information content (AvgIpc) is 2.57. The average molecular weight is 441 g/mol. The fraction of sp³-hybridized carbons (Fsp3) is 0.481. The van der Waals surface area contributed by atoms with Crippen LogP contribution in [-0.4, -0.2) is 21.8 Å². The maximum atomic E-state index is 12.7. The number of hydrogen-bond donors (Lipinski definition) is 0.